The van der Waals surface area contributed by atoms with Crippen LogP contribution in [0.4, 0.5) is 11.4 Å². The van der Waals surface area contributed by atoms with Gasteiger partial charge in [0.1, 0.15) is 5.69 Å². The van der Waals surface area contributed by atoms with E-state index in [1.807, 2.05) is 12.1 Å². The number of benzene rings is 2. The molecule has 2 aromatic rings. The number of primary sulfonamides is 1. The number of nitro groups is 1. The molecule has 0 radical (unpaired) electrons. The molecule has 1 aliphatic heterocycles. The van der Waals surface area contributed by atoms with Crippen molar-refractivity contribution in [3.8, 4) is 0 Å². The van der Waals surface area contributed by atoms with E-state index >= 15 is 0 Å². The molecule has 0 spiro atoms. The van der Waals surface area contributed by atoms with Crippen molar-refractivity contribution in [3.63, 3.8) is 0 Å². The van der Waals surface area contributed by atoms with Gasteiger partial charge < -0.3 is 5.32 Å². The van der Waals surface area contributed by atoms with Gasteiger partial charge in [-0.15, -0.1) is 0 Å². The van der Waals surface area contributed by atoms with Gasteiger partial charge >= 0.3 is 0 Å². The largest absolute Gasteiger partial charge is 0.375 e. The zero-order valence-corrected chi connectivity index (χ0v) is 17.2. The molecule has 3 rings (SSSR count). The van der Waals surface area contributed by atoms with E-state index in [0.717, 1.165) is 37.2 Å². The number of rotatable bonds is 7. The van der Waals surface area contributed by atoms with Gasteiger partial charge in [0.25, 0.3) is 5.69 Å². The first-order valence-electron chi connectivity index (χ1n) is 9.57. The van der Waals surface area contributed by atoms with Crippen LogP contribution in [0.5, 0.6) is 0 Å². The summed E-state index contributed by atoms with van der Waals surface area (Å²) in [5.74, 6) is 0.808. The third-order valence-electron chi connectivity index (χ3n) is 5.28. The van der Waals surface area contributed by atoms with E-state index in [0.29, 0.717) is 6.54 Å². The molecular formula is C20H26N4O4S. The molecule has 0 bridgehead atoms. The van der Waals surface area contributed by atoms with Gasteiger partial charge in [0.05, 0.1) is 9.82 Å². The SMILES string of the molecule is CC1CCN(Cc2ccc(CNc3ccc(S(N)(=O)=O)cc3[N+](=O)[O-])cc2)CC1. The van der Waals surface area contributed by atoms with E-state index in [-0.39, 0.29) is 16.3 Å². The second-order valence-electron chi connectivity index (χ2n) is 7.61. The highest BCUT2D eigenvalue weighted by molar-refractivity contribution is 7.89. The monoisotopic (exact) mass is 418 g/mol. The first-order valence-corrected chi connectivity index (χ1v) is 11.1. The lowest BCUT2D eigenvalue weighted by Gasteiger charge is -2.30. The highest BCUT2D eigenvalue weighted by Gasteiger charge is 2.19. The smallest absolute Gasteiger partial charge is 0.293 e. The van der Waals surface area contributed by atoms with Gasteiger partial charge in [-0.05, 0) is 55.1 Å². The van der Waals surface area contributed by atoms with E-state index in [1.165, 1.54) is 30.5 Å². The summed E-state index contributed by atoms with van der Waals surface area (Å²) in [6.45, 7) is 5.87. The lowest BCUT2D eigenvalue weighted by atomic mass is 9.99. The van der Waals surface area contributed by atoms with Crippen LogP contribution in [0.15, 0.2) is 47.4 Å². The third kappa shape index (κ3) is 5.75. The summed E-state index contributed by atoms with van der Waals surface area (Å²) in [6, 6.07) is 11.7. The lowest BCUT2D eigenvalue weighted by molar-refractivity contribution is -0.384. The Hall–Kier alpha value is -2.49. The number of nitro benzene ring substituents is 1. The van der Waals surface area contributed by atoms with Crippen molar-refractivity contribution < 1.29 is 13.3 Å². The molecule has 9 heteroatoms. The summed E-state index contributed by atoms with van der Waals surface area (Å²) in [5, 5.41) is 19.4. The van der Waals surface area contributed by atoms with Crippen molar-refractivity contribution in [3.05, 3.63) is 63.7 Å². The normalized spacial score (nSPS) is 15.9. The van der Waals surface area contributed by atoms with Gasteiger partial charge in [-0.1, -0.05) is 31.2 Å². The van der Waals surface area contributed by atoms with Crippen molar-refractivity contribution in [2.75, 3.05) is 18.4 Å². The van der Waals surface area contributed by atoms with E-state index in [1.54, 1.807) is 0 Å². The summed E-state index contributed by atoms with van der Waals surface area (Å²) < 4.78 is 22.8. The van der Waals surface area contributed by atoms with Crippen LogP contribution in [0.2, 0.25) is 0 Å². The number of nitrogens with two attached hydrogens (primary N) is 1. The number of sulfonamides is 1. The molecule has 0 atom stereocenters. The summed E-state index contributed by atoms with van der Waals surface area (Å²) in [4.78, 5) is 12.8. The minimum atomic E-state index is -4.00. The van der Waals surface area contributed by atoms with Crippen LogP contribution >= 0.6 is 0 Å². The Morgan fingerprint density at radius 3 is 2.34 bits per heavy atom. The highest BCUT2D eigenvalue weighted by atomic mass is 32.2. The molecule has 0 saturated carbocycles. The predicted molar refractivity (Wildman–Crippen MR) is 112 cm³/mol. The minimum Gasteiger partial charge on any atom is -0.375 e. The Balaban J connectivity index is 1.63. The number of piperidine rings is 1. The fourth-order valence-electron chi connectivity index (χ4n) is 3.43. The zero-order chi connectivity index (χ0) is 21.0. The average Bonchev–Trinajstić information content (AvgIpc) is 2.68. The maximum Gasteiger partial charge on any atom is 0.293 e. The molecule has 2 aromatic carbocycles. The number of anilines is 1. The molecule has 0 aliphatic carbocycles. The van der Waals surface area contributed by atoms with Gasteiger partial charge in [-0.25, -0.2) is 13.6 Å². The number of likely N-dealkylation sites (tertiary alicyclic amines) is 1. The fourth-order valence-corrected chi connectivity index (χ4v) is 3.96. The van der Waals surface area contributed by atoms with Gasteiger partial charge in [0.15, 0.2) is 0 Å². The molecule has 1 aliphatic rings. The standard InChI is InChI=1S/C20H26N4O4S/c1-15-8-10-23(11-9-15)14-17-4-2-16(3-5-17)13-22-19-7-6-18(29(21,27)28)12-20(19)24(25)26/h2-7,12,15,22H,8-11,13-14H2,1H3,(H2,21,27,28). The molecule has 1 saturated heterocycles. The lowest BCUT2D eigenvalue weighted by Crippen LogP contribution is -2.32. The Labute approximate surface area is 170 Å². The summed E-state index contributed by atoms with van der Waals surface area (Å²) in [5.41, 5.74) is 2.14. The zero-order valence-electron chi connectivity index (χ0n) is 16.4. The van der Waals surface area contributed by atoms with Crippen LogP contribution in [-0.4, -0.2) is 31.3 Å². The highest BCUT2D eigenvalue weighted by Crippen LogP contribution is 2.27. The van der Waals surface area contributed by atoms with E-state index in [4.69, 9.17) is 5.14 Å². The van der Waals surface area contributed by atoms with Crippen LogP contribution < -0.4 is 10.5 Å². The van der Waals surface area contributed by atoms with Crippen LogP contribution in [0.3, 0.4) is 0 Å². The van der Waals surface area contributed by atoms with Crippen LogP contribution in [0.25, 0.3) is 0 Å². The number of nitrogens with one attached hydrogen (secondary N) is 1. The summed E-state index contributed by atoms with van der Waals surface area (Å²) in [6.07, 6.45) is 2.48. The molecular weight excluding hydrogens is 392 g/mol. The van der Waals surface area contributed by atoms with Crippen molar-refractivity contribution in [1.82, 2.24) is 4.90 Å². The van der Waals surface area contributed by atoms with Crippen molar-refractivity contribution in [1.29, 1.82) is 0 Å². The van der Waals surface area contributed by atoms with Gasteiger partial charge in [-0.2, -0.15) is 0 Å². The number of hydrogen-bond acceptors (Lipinski definition) is 6. The van der Waals surface area contributed by atoms with Gasteiger partial charge in [-0.3, -0.25) is 15.0 Å². The number of hydrogen-bond donors (Lipinski definition) is 2. The Kier molecular flexibility index (Phi) is 6.51. The van der Waals surface area contributed by atoms with E-state index in [2.05, 4.69) is 29.3 Å². The predicted octanol–water partition coefficient (Wildman–Crippen LogP) is 3.09. The van der Waals surface area contributed by atoms with Crippen LogP contribution in [0, 0.1) is 16.0 Å². The quantitative estimate of drug-likeness (QED) is 0.527. The van der Waals surface area contributed by atoms with Crippen LogP contribution in [-0.2, 0) is 23.1 Å². The molecule has 0 unspecified atom stereocenters. The summed E-state index contributed by atoms with van der Waals surface area (Å²) >= 11 is 0. The molecule has 29 heavy (non-hydrogen) atoms. The fraction of sp³-hybridized carbons (Fsp3) is 0.400. The van der Waals surface area contributed by atoms with Gasteiger partial charge in [0.2, 0.25) is 10.0 Å². The molecule has 3 N–H and O–H groups in total. The van der Waals surface area contributed by atoms with Crippen molar-refractivity contribution in [2.45, 2.75) is 37.8 Å². The summed E-state index contributed by atoms with van der Waals surface area (Å²) in [7, 11) is -4.00. The first-order chi connectivity index (χ1) is 13.7. The Morgan fingerprint density at radius 1 is 1.14 bits per heavy atom. The van der Waals surface area contributed by atoms with Crippen LogP contribution in [0.1, 0.15) is 30.9 Å². The van der Waals surface area contributed by atoms with Crippen molar-refractivity contribution >= 4 is 21.4 Å². The van der Waals surface area contributed by atoms with E-state index < -0.39 is 14.9 Å². The van der Waals surface area contributed by atoms with Crippen molar-refractivity contribution in [2.24, 2.45) is 11.1 Å². The second kappa shape index (κ2) is 8.89. The maximum atomic E-state index is 11.4. The number of nitrogens with zero attached hydrogens (tertiary/aromatic N) is 2. The molecule has 0 aromatic heterocycles. The Bertz CT molecular complexity index is 968. The molecule has 1 fully saturated rings. The molecule has 156 valence electrons. The minimum absolute atomic E-state index is 0.244. The topological polar surface area (TPSA) is 119 Å². The molecule has 8 nitrogen and oxygen atoms in total. The third-order valence-corrected chi connectivity index (χ3v) is 6.19. The second-order valence-corrected chi connectivity index (χ2v) is 9.17. The van der Waals surface area contributed by atoms with E-state index in [9.17, 15) is 18.5 Å². The molecule has 0 amide bonds. The average molecular weight is 419 g/mol. The van der Waals surface area contributed by atoms with Gasteiger partial charge in [0, 0.05) is 19.2 Å². The molecule has 1 heterocycles. The first kappa shape index (κ1) is 21.2. The Morgan fingerprint density at radius 2 is 1.76 bits per heavy atom. The maximum absolute atomic E-state index is 11.4.